The fourth-order valence-electron chi connectivity index (χ4n) is 2.62. The van der Waals surface area contributed by atoms with E-state index in [4.69, 9.17) is 10.5 Å². The lowest BCUT2D eigenvalue weighted by molar-refractivity contribution is -0.385. The molecule has 2 aromatic rings. The zero-order valence-corrected chi connectivity index (χ0v) is 11.4. The first-order chi connectivity index (χ1) is 10.6. The van der Waals surface area contributed by atoms with E-state index in [1.54, 1.807) is 42.5 Å². The Hall–Kier alpha value is -3.33. The predicted octanol–water partition coefficient (Wildman–Crippen LogP) is 2.81. The molecule has 0 bridgehead atoms. The third-order valence-electron chi connectivity index (χ3n) is 3.57. The molecule has 1 heterocycles. The van der Waals surface area contributed by atoms with Crippen LogP contribution in [-0.2, 0) is 0 Å². The SMILES string of the molecule is N#CC1=C(N)Oc2ccccc2[C@H]1c1ccccc1[N+](=O)[O-]. The Bertz CT molecular complexity index is 837. The monoisotopic (exact) mass is 293 g/mol. The lowest BCUT2D eigenvalue weighted by Gasteiger charge is -2.25. The number of hydrogen-bond donors (Lipinski definition) is 1. The van der Waals surface area contributed by atoms with E-state index < -0.39 is 10.8 Å². The van der Waals surface area contributed by atoms with Gasteiger partial charge in [-0.3, -0.25) is 10.1 Å². The fraction of sp³-hybridized carbons (Fsp3) is 0.0625. The topological polar surface area (TPSA) is 102 Å². The van der Waals surface area contributed by atoms with E-state index in [1.807, 2.05) is 6.07 Å². The maximum Gasteiger partial charge on any atom is 0.273 e. The van der Waals surface area contributed by atoms with Crippen molar-refractivity contribution >= 4 is 5.69 Å². The third-order valence-corrected chi connectivity index (χ3v) is 3.57. The fourth-order valence-corrected chi connectivity index (χ4v) is 2.62. The molecule has 3 rings (SSSR count). The molecule has 22 heavy (non-hydrogen) atoms. The Morgan fingerprint density at radius 3 is 2.45 bits per heavy atom. The average molecular weight is 293 g/mol. The molecule has 0 fully saturated rings. The summed E-state index contributed by atoms with van der Waals surface area (Å²) in [5.41, 5.74) is 7.05. The number of nitrogens with two attached hydrogens (primary N) is 1. The maximum atomic E-state index is 11.3. The number of fused-ring (bicyclic) bond motifs is 1. The smallest absolute Gasteiger partial charge is 0.273 e. The van der Waals surface area contributed by atoms with Crippen LogP contribution in [0.3, 0.4) is 0 Å². The van der Waals surface area contributed by atoms with Crippen LogP contribution in [0.2, 0.25) is 0 Å². The van der Waals surface area contributed by atoms with Crippen molar-refractivity contribution < 1.29 is 9.66 Å². The van der Waals surface area contributed by atoms with E-state index >= 15 is 0 Å². The van der Waals surface area contributed by atoms with E-state index in [0.717, 1.165) is 0 Å². The summed E-state index contributed by atoms with van der Waals surface area (Å²) in [6.07, 6.45) is 0. The van der Waals surface area contributed by atoms with Crippen LogP contribution in [0, 0.1) is 21.4 Å². The molecule has 0 saturated heterocycles. The molecule has 0 aliphatic carbocycles. The molecule has 1 aliphatic rings. The minimum absolute atomic E-state index is 0.0237. The van der Waals surface area contributed by atoms with Crippen LogP contribution in [0.1, 0.15) is 17.0 Å². The Balaban J connectivity index is 2.29. The van der Waals surface area contributed by atoms with Crippen molar-refractivity contribution in [2.75, 3.05) is 0 Å². The summed E-state index contributed by atoms with van der Waals surface area (Å²) in [5.74, 6) is -0.136. The summed E-state index contributed by atoms with van der Waals surface area (Å²) in [4.78, 5) is 10.8. The number of benzene rings is 2. The van der Waals surface area contributed by atoms with Gasteiger partial charge in [0, 0.05) is 17.2 Å². The highest BCUT2D eigenvalue weighted by Gasteiger charge is 2.34. The zero-order valence-electron chi connectivity index (χ0n) is 11.4. The average Bonchev–Trinajstić information content (AvgIpc) is 2.53. The number of rotatable bonds is 2. The van der Waals surface area contributed by atoms with Gasteiger partial charge in [0.05, 0.1) is 10.8 Å². The molecule has 0 saturated carbocycles. The molecule has 1 atom stereocenters. The minimum Gasteiger partial charge on any atom is -0.440 e. The number of hydrogen-bond acceptors (Lipinski definition) is 5. The number of nitro groups is 1. The van der Waals surface area contributed by atoms with Crippen LogP contribution in [-0.4, -0.2) is 4.92 Å². The molecule has 108 valence electrons. The Morgan fingerprint density at radius 1 is 1.14 bits per heavy atom. The van der Waals surface area contributed by atoms with Gasteiger partial charge in [-0.05, 0) is 6.07 Å². The van der Waals surface area contributed by atoms with Gasteiger partial charge < -0.3 is 10.5 Å². The number of nitriles is 1. The molecule has 0 unspecified atom stereocenters. The van der Waals surface area contributed by atoms with Crippen molar-refractivity contribution in [1.82, 2.24) is 0 Å². The van der Waals surface area contributed by atoms with Crippen LogP contribution in [0.5, 0.6) is 5.75 Å². The van der Waals surface area contributed by atoms with Crippen molar-refractivity contribution in [3.8, 4) is 11.8 Å². The first-order valence-electron chi connectivity index (χ1n) is 6.53. The second-order valence-corrected chi connectivity index (χ2v) is 4.78. The van der Waals surface area contributed by atoms with Gasteiger partial charge in [0.15, 0.2) is 0 Å². The molecule has 1 aliphatic heterocycles. The third kappa shape index (κ3) is 2.05. The van der Waals surface area contributed by atoms with Gasteiger partial charge in [-0.15, -0.1) is 0 Å². The van der Waals surface area contributed by atoms with E-state index in [0.29, 0.717) is 16.9 Å². The Labute approximate surface area is 126 Å². The lowest BCUT2D eigenvalue weighted by atomic mass is 9.83. The summed E-state index contributed by atoms with van der Waals surface area (Å²) in [5, 5.41) is 20.7. The van der Waals surface area contributed by atoms with Gasteiger partial charge in [-0.25, -0.2) is 0 Å². The minimum atomic E-state index is -0.614. The summed E-state index contributed by atoms with van der Waals surface area (Å²) in [6, 6.07) is 15.4. The second-order valence-electron chi connectivity index (χ2n) is 4.78. The van der Waals surface area contributed by atoms with Crippen LogP contribution in [0.4, 0.5) is 5.69 Å². The lowest BCUT2D eigenvalue weighted by Crippen LogP contribution is -2.21. The van der Waals surface area contributed by atoms with E-state index in [-0.39, 0.29) is 17.1 Å². The Kier molecular flexibility index (Phi) is 3.24. The molecule has 2 N–H and O–H groups in total. The van der Waals surface area contributed by atoms with Crippen LogP contribution >= 0.6 is 0 Å². The highest BCUT2D eigenvalue weighted by Crippen LogP contribution is 2.44. The number of ether oxygens (including phenoxy) is 1. The molecular weight excluding hydrogens is 282 g/mol. The highest BCUT2D eigenvalue weighted by atomic mass is 16.6. The normalized spacial score (nSPS) is 16.4. The highest BCUT2D eigenvalue weighted by molar-refractivity contribution is 5.59. The van der Waals surface area contributed by atoms with Gasteiger partial charge in [0.2, 0.25) is 5.88 Å². The van der Waals surface area contributed by atoms with Crippen molar-refractivity contribution in [2.24, 2.45) is 5.73 Å². The van der Waals surface area contributed by atoms with Gasteiger partial charge in [0.25, 0.3) is 5.69 Å². The maximum absolute atomic E-state index is 11.3. The summed E-state index contributed by atoms with van der Waals surface area (Å²) >= 11 is 0. The molecule has 0 amide bonds. The van der Waals surface area contributed by atoms with Crippen molar-refractivity contribution in [1.29, 1.82) is 5.26 Å². The van der Waals surface area contributed by atoms with E-state index in [1.165, 1.54) is 6.07 Å². The van der Waals surface area contributed by atoms with Crippen molar-refractivity contribution in [3.05, 3.63) is 81.2 Å². The number of para-hydroxylation sites is 2. The van der Waals surface area contributed by atoms with Gasteiger partial charge >= 0.3 is 0 Å². The first kappa shape index (κ1) is 13.6. The van der Waals surface area contributed by atoms with Gasteiger partial charge in [0.1, 0.15) is 17.4 Å². The summed E-state index contributed by atoms with van der Waals surface area (Å²) < 4.78 is 5.45. The summed E-state index contributed by atoms with van der Waals surface area (Å²) in [6.45, 7) is 0. The molecule has 0 radical (unpaired) electrons. The largest absolute Gasteiger partial charge is 0.440 e. The molecular formula is C16H11N3O3. The summed E-state index contributed by atoms with van der Waals surface area (Å²) in [7, 11) is 0. The molecule has 6 heteroatoms. The van der Waals surface area contributed by atoms with E-state index in [2.05, 4.69) is 0 Å². The first-order valence-corrected chi connectivity index (χ1v) is 6.53. The molecule has 0 aromatic heterocycles. The predicted molar refractivity (Wildman–Crippen MR) is 78.8 cm³/mol. The number of nitro benzene ring substituents is 1. The number of allylic oxidation sites excluding steroid dienone is 1. The molecule has 2 aromatic carbocycles. The van der Waals surface area contributed by atoms with Gasteiger partial charge in [-0.2, -0.15) is 5.26 Å². The quantitative estimate of drug-likeness (QED) is 0.677. The van der Waals surface area contributed by atoms with Crippen LogP contribution < -0.4 is 10.5 Å². The Morgan fingerprint density at radius 2 is 1.77 bits per heavy atom. The van der Waals surface area contributed by atoms with Crippen molar-refractivity contribution in [3.63, 3.8) is 0 Å². The van der Waals surface area contributed by atoms with Gasteiger partial charge in [-0.1, -0.05) is 36.4 Å². The number of nitrogens with zero attached hydrogens (tertiary/aromatic N) is 2. The second kappa shape index (κ2) is 5.22. The van der Waals surface area contributed by atoms with Crippen LogP contribution in [0.15, 0.2) is 60.0 Å². The molecule has 6 nitrogen and oxygen atoms in total. The van der Waals surface area contributed by atoms with Crippen molar-refractivity contribution in [2.45, 2.75) is 5.92 Å². The standard InChI is InChI=1S/C16H11N3O3/c17-9-12-15(10-5-1-3-7-13(10)19(20)21)11-6-2-4-8-14(11)22-16(12)18/h1-8,15H,18H2/t15-/m1/s1. The van der Waals surface area contributed by atoms with Crippen LogP contribution in [0.25, 0.3) is 0 Å². The zero-order chi connectivity index (χ0) is 15.7. The molecule has 0 spiro atoms. The van der Waals surface area contributed by atoms with E-state index in [9.17, 15) is 15.4 Å².